The van der Waals surface area contributed by atoms with Crippen LogP contribution in [0.2, 0.25) is 0 Å². The van der Waals surface area contributed by atoms with Gasteiger partial charge in [0, 0.05) is 5.56 Å². The third-order valence-electron chi connectivity index (χ3n) is 7.67. The molecule has 7 nitrogen and oxygen atoms in total. The molecule has 0 radical (unpaired) electrons. The number of methoxy groups -OCH3 is 1. The molecule has 210 valence electrons. The summed E-state index contributed by atoms with van der Waals surface area (Å²) >= 11 is 0. The fourth-order valence-electron chi connectivity index (χ4n) is 5.61. The van der Waals surface area contributed by atoms with E-state index in [0.717, 1.165) is 27.1 Å². The lowest BCUT2D eigenvalue weighted by Crippen LogP contribution is -2.44. The van der Waals surface area contributed by atoms with Crippen LogP contribution in [0.4, 0.5) is 0 Å². The minimum absolute atomic E-state index is 0.0875. The number of hydrogen-bond donors (Lipinski definition) is 1. The summed E-state index contributed by atoms with van der Waals surface area (Å²) in [5.74, 6) is -1.47. The molecule has 3 aromatic rings. The number of aliphatic hydroxyl groups excluding tert-OH is 1. The summed E-state index contributed by atoms with van der Waals surface area (Å²) in [4.78, 5) is 39.4. The van der Waals surface area contributed by atoms with E-state index in [2.05, 4.69) is 6.07 Å². The van der Waals surface area contributed by atoms with Crippen LogP contribution in [0.3, 0.4) is 0 Å². The van der Waals surface area contributed by atoms with Gasteiger partial charge >= 0.3 is 17.9 Å². The molecule has 0 bridgehead atoms. The Morgan fingerprint density at radius 1 is 0.769 bits per heavy atom. The van der Waals surface area contributed by atoms with Crippen LogP contribution < -0.4 is 0 Å². The maximum Gasteiger partial charge on any atom is 0.312 e. The Kier molecular flexibility index (Phi) is 9.38. The summed E-state index contributed by atoms with van der Waals surface area (Å²) in [6.07, 6.45) is 0.632. The van der Waals surface area contributed by atoms with Crippen LogP contribution in [0.5, 0.6) is 0 Å². The number of rotatable bonds is 12. The largest absolute Gasteiger partial charge is 0.469 e. The van der Waals surface area contributed by atoms with Crippen LogP contribution in [0, 0.1) is 16.2 Å². The third kappa shape index (κ3) is 6.59. The van der Waals surface area contributed by atoms with Crippen molar-refractivity contribution in [3.8, 4) is 0 Å². The lowest BCUT2D eigenvalue weighted by Gasteiger charge is -2.39. The Morgan fingerprint density at radius 2 is 1.33 bits per heavy atom. The highest BCUT2D eigenvalue weighted by atomic mass is 16.5. The summed E-state index contributed by atoms with van der Waals surface area (Å²) in [6, 6.07) is 18.2. The van der Waals surface area contributed by atoms with E-state index in [0.29, 0.717) is 6.42 Å². The maximum absolute atomic E-state index is 13.7. The number of aliphatic hydroxyl groups is 1. The smallest absolute Gasteiger partial charge is 0.312 e. The van der Waals surface area contributed by atoms with Crippen molar-refractivity contribution in [2.24, 2.45) is 16.2 Å². The first kappa shape index (κ1) is 30.1. The van der Waals surface area contributed by atoms with Gasteiger partial charge in [-0.15, -0.1) is 0 Å². The molecule has 0 aliphatic rings. The molecular formula is C32H40O7. The second kappa shape index (κ2) is 12.2. The Balaban J connectivity index is 1.89. The zero-order valence-corrected chi connectivity index (χ0v) is 23.8. The quantitative estimate of drug-likeness (QED) is 0.173. The Morgan fingerprint density at radius 3 is 1.85 bits per heavy atom. The van der Waals surface area contributed by atoms with E-state index in [4.69, 9.17) is 19.3 Å². The molecule has 3 rings (SSSR count). The average molecular weight is 537 g/mol. The van der Waals surface area contributed by atoms with Gasteiger partial charge in [0.25, 0.3) is 0 Å². The maximum atomic E-state index is 13.7. The van der Waals surface area contributed by atoms with Crippen molar-refractivity contribution < 1.29 is 33.7 Å². The van der Waals surface area contributed by atoms with Crippen LogP contribution in [0.1, 0.15) is 59.4 Å². The monoisotopic (exact) mass is 536 g/mol. The van der Waals surface area contributed by atoms with Crippen molar-refractivity contribution in [3.05, 3.63) is 60.2 Å². The third-order valence-corrected chi connectivity index (χ3v) is 7.67. The summed E-state index contributed by atoms with van der Waals surface area (Å²) < 4.78 is 16.3. The molecule has 0 spiro atoms. The molecule has 2 atom stereocenters. The summed E-state index contributed by atoms with van der Waals surface area (Å²) in [5, 5.41) is 13.2. The van der Waals surface area contributed by atoms with Crippen LogP contribution in [0.15, 0.2) is 54.6 Å². The van der Waals surface area contributed by atoms with Crippen LogP contribution in [0.25, 0.3) is 21.5 Å². The zero-order valence-electron chi connectivity index (χ0n) is 23.8. The van der Waals surface area contributed by atoms with E-state index in [9.17, 15) is 14.4 Å². The van der Waals surface area contributed by atoms with Crippen molar-refractivity contribution in [1.29, 1.82) is 0 Å². The van der Waals surface area contributed by atoms with E-state index < -0.39 is 34.2 Å². The van der Waals surface area contributed by atoms with Gasteiger partial charge in [-0.2, -0.15) is 0 Å². The van der Waals surface area contributed by atoms with E-state index in [1.54, 1.807) is 27.7 Å². The molecule has 1 N–H and O–H groups in total. The number of carbonyl (C=O) groups excluding carboxylic acids is 3. The van der Waals surface area contributed by atoms with Gasteiger partial charge in [0.05, 0.1) is 30.0 Å². The first-order valence-electron chi connectivity index (χ1n) is 13.3. The molecule has 2 unspecified atom stereocenters. The second-order valence-corrected chi connectivity index (χ2v) is 11.4. The van der Waals surface area contributed by atoms with Crippen molar-refractivity contribution in [2.45, 2.75) is 60.5 Å². The minimum atomic E-state index is -1.17. The van der Waals surface area contributed by atoms with Gasteiger partial charge in [0.15, 0.2) is 0 Å². The highest BCUT2D eigenvalue weighted by Crippen LogP contribution is 2.46. The van der Waals surface area contributed by atoms with Crippen molar-refractivity contribution in [1.82, 2.24) is 0 Å². The van der Waals surface area contributed by atoms with Crippen molar-refractivity contribution in [2.75, 3.05) is 20.3 Å². The molecule has 0 fully saturated rings. The zero-order chi connectivity index (χ0) is 28.8. The molecule has 0 saturated heterocycles. The summed E-state index contributed by atoms with van der Waals surface area (Å²) in [6.45, 7) is 8.41. The van der Waals surface area contributed by atoms with Crippen LogP contribution in [-0.4, -0.2) is 43.3 Å². The number of ether oxygens (including phenoxy) is 3. The second-order valence-electron chi connectivity index (χ2n) is 11.4. The van der Waals surface area contributed by atoms with Crippen LogP contribution >= 0.6 is 0 Å². The first-order chi connectivity index (χ1) is 18.4. The Labute approximate surface area is 230 Å². The molecule has 0 saturated carbocycles. The highest BCUT2D eigenvalue weighted by Gasteiger charge is 2.49. The predicted molar refractivity (Wildman–Crippen MR) is 151 cm³/mol. The van der Waals surface area contributed by atoms with Gasteiger partial charge in [-0.25, -0.2) is 0 Å². The van der Waals surface area contributed by atoms with E-state index in [1.807, 2.05) is 55.5 Å². The summed E-state index contributed by atoms with van der Waals surface area (Å²) in [5.41, 5.74) is -2.32. The van der Waals surface area contributed by atoms with Gasteiger partial charge in [0.1, 0.15) is 13.2 Å². The van der Waals surface area contributed by atoms with Crippen LogP contribution in [-0.2, 0) is 35.2 Å². The SMILES string of the molecule is CCC(C)(CC(C)(CC(C)(C)C(=O)OCCO)C(=O)OC)C(=O)OCc1c2ccccc2cc2ccccc12. The fraction of sp³-hybridized carbons (Fsp3) is 0.469. The summed E-state index contributed by atoms with van der Waals surface area (Å²) in [7, 11) is 1.30. The average Bonchev–Trinajstić information content (AvgIpc) is 2.92. The molecule has 0 aliphatic heterocycles. The minimum Gasteiger partial charge on any atom is -0.469 e. The lowest BCUT2D eigenvalue weighted by molar-refractivity contribution is -0.168. The van der Waals surface area contributed by atoms with Gasteiger partial charge in [-0.3, -0.25) is 14.4 Å². The molecule has 0 aromatic heterocycles. The Bertz CT molecular complexity index is 1290. The highest BCUT2D eigenvalue weighted by molar-refractivity contribution is 6.02. The van der Waals surface area contributed by atoms with Gasteiger partial charge in [0.2, 0.25) is 0 Å². The van der Waals surface area contributed by atoms with Gasteiger partial charge in [-0.05, 0) is 74.6 Å². The molecule has 3 aromatic carbocycles. The van der Waals surface area contributed by atoms with Gasteiger partial charge < -0.3 is 19.3 Å². The lowest BCUT2D eigenvalue weighted by atomic mass is 9.65. The predicted octanol–water partition coefficient (Wildman–Crippen LogP) is 5.97. The van der Waals surface area contributed by atoms with Crippen molar-refractivity contribution >= 4 is 39.5 Å². The standard InChI is InChI=1S/C32H40O7/c1-7-31(4,21-32(5,28(35)37-6)20-30(2,3)27(34)38-17-16-33)29(36)39-19-26-24-14-10-8-12-22(24)18-23-13-9-11-15-25(23)26/h8-15,18,33H,7,16-17,19-21H2,1-6H3. The van der Waals surface area contributed by atoms with Gasteiger partial charge in [-0.1, -0.05) is 55.5 Å². The fourth-order valence-corrected chi connectivity index (χ4v) is 5.61. The van der Waals surface area contributed by atoms with E-state index >= 15 is 0 Å². The first-order valence-corrected chi connectivity index (χ1v) is 13.3. The van der Waals surface area contributed by atoms with E-state index in [1.165, 1.54) is 7.11 Å². The molecular weight excluding hydrogens is 496 g/mol. The molecule has 39 heavy (non-hydrogen) atoms. The molecule has 0 aliphatic carbocycles. The number of carbonyl (C=O) groups is 3. The Hall–Kier alpha value is -3.45. The molecule has 7 heteroatoms. The number of esters is 3. The number of hydrogen-bond acceptors (Lipinski definition) is 7. The normalized spacial score (nSPS) is 14.8. The number of fused-ring (bicyclic) bond motifs is 2. The van der Waals surface area contributed by atoms with Crippen molar-refractivity contribution in [3.63, 3.8) is 0 Å². The van der Waals surface area contributed by atoms with E-state index in [-0.39, 0.29) is 32.7 Å². The topological polar surface area (TPSA) is 99.1 Å². The number of benzene rings is 3. The molecule has 0 amide bonds. The molecule has 0 heterocycles.